The molecule has 3 heterocycles. The number of aromatic nitrogens is 3. The van der Waals surface area contributed by atoms with E-state index in [1.165, 1.54) is 0 Å². The molecule has 2 aromatic heterocycles. The number of hydrogen-bond acceptors (Lipinski definition) is 5. The third-order valence-electron chi connectivity index (χ3n) is 4.68. The standard InChI is InChI=1S/C18H21N5O/c1-22-10-17(20-11-22)14-8-23(9-15(14)19)18-6-3-12-7-13(24-2)4-5-16(12)21-18/h3-7,10-11,14-15H,8-9,19H2,1-2H3/t14-,15-/m1/s1. The number of pyridine rings is 1. The van der Waals surface area contributed by atoms with E-state index in [1.807, 2.05) is 42.3 Å². The number of nitrogens with zero attached hydrogens (tertiary/aromatic N) is 4. The quantitative estimate of drug-likeness (QED) is 0.797. The van der Waals surface area contributed by atoms with Gasteiger partial charge in [0, 0.05) is 43.7 Å². The van der Waals surface area contributed by atoms with E-state index >= 15 is 0 Å². The van der Waals surface area contributed by atoms with Crippen molar-refractivity contribution < 1.29 is 4.74 Å². The van der Waals surface area contributed by atoms with Gasteiger partial charge in [-0.3, -0.25) is 0 Å². The highest BCUT2D eigenvalue weighted by Crippen LogP contribution is 2.30. The average molecular weight is 323 g/mol. The second-order valence-electron chi connectivity index (χ2n) is 6.37. The number of rotatable bonds is 3. The molecule has 2 N–H and O–H groups in total. The van der Waals surface area contributed by atoms with Crippen molar-refractivity contribution in [2.75, 3.05) is 25.1 Å². The first kappa shape index (κ1) is 15.0. The molecule has 1 aliphatic heterocycles. The number of fused-ring (bicyclic) bond motifs is 1. The molecule has 1 aliphatic rings. The molecule has 6 heteroatoms. The largest absolute Gasteiger partial charge is 0.497 e. The number of anilines is 1. The molecule has 1 saturated heterocycles. The molecule has 0 bridgehead atoms. The lowest BCUT2D eigenvalue weighted by Gasteiger charge is -2.17. The number of imidazole rings is 1. The van der Waals surface area contributed by atoms with Gasteiger partial charge < -0.3 is 19.9 Å². The summed E-state index contributed by atoms with van der Waals surface area (Å²) in [6.07, 6.45) is 3.88. The lowest BCUT2D eigenvalue weighted by Crippen LogP contribution is -2.29. The minimum atomic E-state index is 0.0632. The minimum Gasteiger partial charge on any atom is -0.497 e. The first-order valence-electron chi connectivity index (χ1n) is 8.07. The normalized spacial score (nSPS) is 20.7. The van der Waals surface area contributed by atoms with Crippen molar-refractivity contribution in [1.29, 1.82) is 0 Å². The van der Waals surface area contributed by atoms with E-state index in [2.05, 4.69) is 22.0 Å². The minimum absolute atomic E-state index is 0.0632. The highest BCUT2D eigenvalue weighted by atomic mass is 16.5. The maximum Gasteiger partial charge on any atom is 0.129 e. The van der Waals surface area contributed by atoms with Gasteiger partial charge in [-0.1, -0.05) is 0 Å². The van der Waals surface area contributed by atoms with Gasteiger partial charge in [0.05, 0.1) is 24.6 Å². The predicted molar refractivity (Wildman–Crippen MR) is 94.4 cm³/mol. The van der Waals surface area contributed by atoms with E-state index in [1.54, 1.807) is 7.11 Å². The number of hydrogen-bond donors (Lipinski definition) is 1. The highest BCUT2D eigenvalue weighted by molar-refractivity contribution is 5.82. The molecular weight excluding hydrogens is 302 g/mol. The summed E-state index contributed by atoms with van der Waals surface area (Å²) in [4.78, 5) is 11.5. The summed E-state index contributed by atoms with van der Waals surface area (Å²) in [6, 6.07) is 10.1. The predicted octanol–water partition coefficient (Wildman–Crippen LogP) is 1.91. The maximum absolute atomic E-state index is 6.36. The van der Waals surface area contributed by atoms with Crippen molar-refractivity contribution in [3.05, 3.63) is 48.5 Å². The van der Waals surface area contributed by atoms with Crippen molar-refractivity contribution >= 4 is 16.7 Å². The van der Waals surface area contributed by atoms with Crippen molar-refractivity contribution in [3.63, 3.8) is 0 Å². The van der Waals surface area contributed by atoms with Crippen LogP contribution in [0.4, 0.5) is 5.82 Å². The molecule has 4 rings (SSSR count). The molecule has 24 heavy (non-hydrogen) atoms. The van der Waals surface area contributed by atoms with Crippen LogP contribution in [0.25, 0.3) is 10.9 Å². The van der Waals surface area contributed by atoms with Crippen molar-refractivity contribution in [1.82, 2.24) is 14.5 Å². The fourth-order valence-corrected chi connectivity index (χ4v) is 3.35. The van der Waals surface area contributed by atoms with Crippen LogP contribution >= 0.6 is 0 Å². The third kappa shape index (κ3) is 2.59. The van der Waals surface area contributed by atoms with Crippen molar-refractivity contribution in [3.8, 4) is 5.75 Å². The molecule has 0 aliphatic carbocycles. The molecule has 2 atom stereocenters. The van der Waals surface area contributed by atoms with Crippen molar-refractivity contribution in [2.24, 2.45) is 12.8 Å². The number of ether oxygens (including phenoxy) is 1. The van der Waals surface area contributed by atoms with Crippen LogP contribution in [0.1, 0.15) is 11.6 Å². The van der Waals surface area contributed by atoms with E-state index in [0.717, 1.165) is 41.3 Å². The molecule has 0 amide bonds. The van der Waals surface area contributed by atoms with Crippen LogP contribution < -0.4 is 15.4 Å². The Morgan fingerprint density at radius 1 is 1.21 bits per heavy atom. The van der Waals surface area contributed by atoms with Gasteiger partial charge in [0.2, 0.25) is 0 Å². The second kappa shape index (κ2) is 5.79. The fourth-order valence-electron chi connectivity index (χ4n) is 3.35. The topological polar surface area (TPSA) is 69.2 Å². The number of aryl methyl sites for hydroxylation is 1. The van der Waals surface area contributed by atoms with Crippen LogP contribution in [0.2, 0.25) is 0 Å². The first-order chi connectivity index (χ1) is 11.6. The zero-order valence-corrected chi connectivity index (χ0v) is 13.9. The van der Waals surface area contributed by atoms with Crippen molar-refractivity contribution in [2.45, 2.75) is 12.0 Å². The van der Waals surface area contributed by atoms with Crippen LogP contribution in [0.5, 0.6) is 5.75 Å². The van der Waals surface area contributed by atoms with Gasteiger partial charge in [0.1, 0.15) is 11.6 Å². The molecule has 0 spiro atoms. The molecule has 0 saturated carbocycles. The van der Waals surface area contributed by atoms with Crippen LogP contribution in [0.3, 0.4) is 0 Å². The SMILES string of the molecule is COc1ccc2nc(N3C[C@@H](N)[C@H](c4cn(C)cn4)C3)ccc2c1. The molecule has 0 unspecified atom stereocenters. The molecular formula is C18H21N5O. The van der Waals surface area contributed by atoms with Crippen LogP contribution in [-0.4, -0.2) is 40.8 Å². The first-order valence-corrected chi connectivity index (χ1v) is 8.07. The Hall–Kier alpha value is -2.60. The van der Waals surface area contributed by atoms with E-state index in [-0.39, 0.29) is 12.0 Å². The Bertz CT molecular complexity index is 875. The zero-order chi connectivity index (χ0) is 16.7. The summed E-state index contributed by atoms with van der Waals surface area (Å²) in [7, 11) is 3.65. The Morgan fingerprint density at radius 2 is 2.08 bits per heavy atom. The van der Waals surface area contributed by atoms with Gasteiger partial charge in [0.15, 0.2) is 0 Å². The van der Waals surface area contributed by atoms with E-state index in [4.69, 9.17) is 15.5 Å². The van der Waals surface area contributed by atoms with Crippen LogP contribution in [-0.2, 0) is 7.05 Å². The van der Waals surface area contributed by atoms with Gasteiger partial charge in [0.25, 0.3) is 0 Å². The van der Waals surface area contributed by atoms with E-state index in [9.17, 15) is 0 Å². The van der Waals surface area contributed by atoms with Crippen LogP contribution in [0.15, 0.2) is 42.9 Å². The highest BCUT2D eigenvalue weighted by Gasteiger charge is 2.33. The van der Waals surface area contributed by atoms with Gasteiger partial charge in [-0.15, -0.1) is 0 Å². The number of nitrogens with two attached hydrogens (primary N) is 1. The molecule has 6 nitrogen and oxygen atoms in total. The summed E-state index contributed by atoms with van der Waals surface area (Å²) in [5, 5.41) is 1.07. The average Bonchev–Trinajstić information content (AvgIpc) is 3.19. The van der Waals surface area contributed by atoms with E-state index in [0.29, 0.717) is 0 Å². The summed E-state index contributed by atoms with van der Waals surface area (Å²) in [6.45, 7) is 1.63. The summed E-state index contributed by atoms with van der Waals surface area (Å²) in [5.41, 5.74) is 8.38. The molecule has 1 fully saturated rings. The van der Waals surface area contributed by atoms with Gasteiger partial charge in [-0.2, -0.15) is 0 Å². The molecule has 0 radical (unpaired) electrons. The number of benzene rings is 1. The Morgan fingerprint density at radius 3 is 2.83 bits per heavy atom. The Kier molecular flexibility index (Phi) is 3.61. The molecule has 1 aromatic carbocycles. The second-order valence-corrected chi connectivity index (χ2v) is 6.37. The third-order valence-corrected chi connectivity index (χ3v) is 4.68. The lowest BCUT2D eigenvalue weighted by atomic mass is 10.0. The van der Waals surface area contributed by atoms with Gasteiger partial charge in [-0.05, 0) is 30.3 Å². The zero-order valence-electron chi connectivity index (χ0n) is 13.9. The molecule has 124 valence electrons. The van der Waals surface area contributed by atoms with Gasteiger partial charge in [-0.25, -0.2) is 9.97 Å². The van der Waals surface area contributed by atoms with E-state index < -0.39 is 0 Å². The Labute approximate surface area is 140 Å². The Balaban J connectivity index is 1.61. The smallest absolute Gasteiger partial charge is 0.129 e. The summed E-state index contributed by atoms with van der Waals surface area (Å²) >= 11 is 0. The lowest BCUT2D eigenvalue weighted by molar-refractivity contribution is 0.415. The van der Waals surface area contributed by atoms with Gasteiger partial charge >= 0.3 is 0 Å². The van der Waals surface area contributed by atoms with Crippen LogP contribution in [0, 0.1) is 0 Å². The maximum atomic E-state index is 6.36. The summed E-state index contributed by atoms with van der Waals surface area (Å²) in [5.74, 6) is 2.04. The number of methoxy groups -OCH3 is 1. The monoisotopic (exact) mass is 323 g/mol. The molecule has 3 aromatic rings. The summed E-state index contributed by atoms with van der Waals surface area (Å²) < 4.78 is 7.23. The fraction of sp³-hybridized carbons (Fsp3) is 0.333.